The van der Waals surface area contributed by atoms with Gasteiger partial charge in [0.15, 0.2) is 0 Å². The summed E-state index contributed by atoms with van der Waals surface area (Å²) < 4.78 is 38.8. The maximum Gasteiger partial charge on any atom is 0.374 e. The number of sulfonamides is 1. The molecule has 3 heterocycles. The number of hydrogen-bond acceptors (Lipinski definition) is 7. The minimum absolute atomic E-state index is 0.105. The number of aliphatic imine (C=N–C) groups is 1. The molecule has 2 aromatic rings. The van der Waals surface area contributed by atoms with Crippen LogP contribution in [0.5, 0.6) is 0 Å². The maximum absolute atomic E-state index is 13.4. The second kappa shape index (κ2) is 7.70. The lowest BCUT2D eigenvalue weighted by molar-refractivity contribution is 0.0491. The second-order valence-corrected chi connectivity index (χ2v) is 9.10. The summed E-state index contributed by atoms with van der Waals surface area (Å²) in [6, 6.07) is 4.67. The number of aryl methyl sites for hydroxylation is 1. The highest BCUT2D eigenvalue weighted by atomic mass is 32.2. The van der Waals surface area contributed by atoms with Gasteiger partial charge >= 0.3 is 5.97 Å². The summed E-state index contributed by atoms with van der Waals surface area (Å²) in [4.78, 5) is 18.8. The van der Waals surface area contributed by atoms with Gasteiger partial charge in [-0.2, -0.15) is 0 Å². The van der Waals surface area contributed by atoms with Gasteiger partial charge < -0.3 is 14.1 Å². The van der Waals surface area contributed by atoms with Crippen molar-refractivity contribution in [1.29, 1.82) is 0 Å². The van der Waals surface area contributed by atoms with Gasteiger partial charge in [0.05, 0.1) is 24.6 Å². The van der Waals surface area contributed by atoms with Crippen molar-refractivity contribution < 1.29 is 22.4 Å². The number of guanidine groups is 1. The predicted octanol–water partition coefficient (Wildman–Crippen LogP) is 2.76. The maximum atomic E-state index is 13.4. The quantitative estimate of drug-likeness (QED) is 0.708. The zero-order valence-corrected chi connectivity index (χ0v) is 17.5. The van der Waals surface area contributed by atoms with Gasteiger partial charge in [0.2, 0.25) is 11.7 Å². The molecule has 4 rings (SSSR count). The molecule has 1 aromatic heterocycles. The van der Waals surface area contributed by atoms with Gasteiger partial charge in [-0.25, -0.2) is 17.5 Å². The monoisotopic (exact) mass is 419 g/mol. The summed E-state index contributed by atoms with van der Waals surface area (Å²) in [5.74, 6) is 0.0960. The van der Waals surface area contributed by atoms with Crippen molar-refractivity contribution >= 4 is 32.9 Å². The van der Waals surface area contributed by atoms with Crippen molar-refractivity contribution in [2.24, 2.45) is 4.99 Å². The smallest absolute Gasteiger partial charge is 0.374 e. The summed E-state index contributed by atoms with van der Waals surface area (Å²) in [6.07, 6.45) is 3.25. The Balaban J connectivity index is 1.68. The number of nitrogens with zero attached hydrogens (tertiary/aromatic N) is 3. The van der Waals surface area contributed by atoms with Crippen LogP contribution >= 0.6 is 0 Å². The first-order valence-electron chi connectivity index (χ1n) is 9.96. The molecule has 0 saturated carbocycles. The predicted molar refractivity (Wildman–Crippen MR) is 109 cm³/mol. The van der Waals surface area contributed by atoms with E-state index in [2.05, 4.69) is 9.89 Å². The summed E-state index contributed by atoms with van der Waals surface area (Å²) in [7, 11) is -3.76. The molecule has 0 amide bonds. The van der Waals surface area contributed by atoms with Crippen LogP contribution in [0.3, 0.4) is 0 Å². The van der Waals surface area contributed by atoms with E-state index in [1.54, 1.807) is 26.0 Å². The number of piperidine rings is 1. The van der Waals surface area contributed by atoms with Gasteiger partial charge in [0.1, 0.15) is 5.58 Å². The number of rotatable bonds is 4. The molecule has 0 bridgehead atoms. The van der Waals surface area contributed by atoms with E-state index in [1.165, 1.54) is 10.4 Å². The molecule has 1 aromatic carbocycles. The summed E-state index contributed by atoms with van der Waals surface area (Å²) >= 11 is 0. The Morgan fingerprint density at radius 1 is 1.21 bits per heavy atom. The molecule has 156 valence electrons. The Morgan fingerprint density at radius 2 is 1.97 bits per heavy atom. The van der Waals surface area contributed by atoms with Gasteiger partial charge in [0.25, 0.3) is 10.0 Å². The number of likely N-dealkylation sites (tertiary alicyclic amines) is 1. The molecule has 8 nitrogen and oxygen atoms in total. The van der Waals surface area contributed by atoms with Crippen molar-refractivity contribution in [3.05, 3.63) is 29.5 Å². The topological polar surface area (TPSA) is 92.4 Å². The standard InChI is InChI=1S/C20H25N3O5S/c1-3-27-19(24)18-14(2)16-13-15(7-8-17(16)28-18)29(25,26)23-12-9-21-20(23)22-10-5-4-6-11-22/h7-8,13H,3-6,9-12H2,1-2H3. The lowest BCUT2D eigenvalue weighted by Gasteiger charge is -2.32. The zero-order chi connectivity index (χ0) is 20.6. The summed E-state index contributed by atoms with van der Waals surface area (Å²) in [5.41, 5.74) is 1.03. The molecule has 0 atom stereocenters. The van der Waals surface area contributed by atoms with Crippen LogP contribution < -0.4 is 0 Å². The number of ether oxygens (including phenoxy) is 1. The Morgan fingerprint density at radius 3 is 2.69 bits per heavy atom. The van der Waals surface area contributed by atoms with Crippen LogP contribution in [0, 0.1) is 6.92 Å². The fourth-order valence-electron chi connectivity index (χ4n) is 3.88. The number of esters is 1. The Kier molecular flexibility index (Phi) is 5.24. The van der Waals surface area contributed by atoms with E-state index in [0.29, 0.717) is 35.6 Å². The van der Waals surface area contributed by atoms with E-state index >= 15 is 0 Å². The van der Waals surface area contributed by atoms with Gasteiger partial charge in [-0.1, -0.05) is 0 Å². The molecular formula is C20H25N3O5S. The molecule has 1 saturated heterocycles. The van der Waals surface area contributed by atoms with Crippen molar-refractivity contribution in [2.45, 2.75) is 38.0 Å². The molecule has 0 unspecified atom stereocenters. The van der Waals surface area contributed by atoms with Crippen molar-refractivity contribution in [1.82, 2.24) is 9.21 Å². The molecule has 0 radical (unpaired) electrons. The van der Waals surface area contributed by atoms with E-state index in [9.17, 15) is 13.2 Å². The van der Waals surface area contributed by atoms with E-state index in [0.717, 1.165) is 32.4 Å². The summed E-state index contributed by atoms with van der Waals surface area (Å²) in [5, 5.41) is 0.588. The van der Waals surface area contributed by atoms with Crippen LogP contribution in [0.15, 0.2) is 32.5 Å². The number of hydrogen-bond donors (Lipinski definition) is 0. The Bertz CT molecular complexity index is 1070. The molecular weight excluding hydrogens is 394 g/mol. The second-order valence-electron chi connectivity index (χ2n) is 7.24. The number of benzene rings is 1. The third kappa shape index (κ3) is 3.48. The highest BCUT2D eigenvalue weighted by Crippen LogP contribution is 2.30. The van der Waals surface area contributed by atoms with E-state index < -0.39 is 16.0 Å². The van der Waals surface area contributed by atoms with Gasteiger partial charge in [0, 0.05) is 24.0 Å². The molecule has 1 fully saturated rings. The molecule has 2 aliphatic heterocycles. The van der Waals surface area contributed by atoms with Crippen LogP contribution in [-0.2, 0) is 14.8 Å². The number of carbonyl (C=O) groups is 1. The molecule has 9 heteroatoms. The van der Waals surface area contributed by atoms with Gasteiger partial charge in [-0.3, -0.25) is 4.99 Å². The summed E-state index contributed by atoms with van der Waals surface area (Å²) in [6.45, 7) is 6.14. The minimum atomic E-state index is -3.76. The molecule has 29 heavy (non-hydrogen) atoms. The lowest BCUT2D eigenvalue weighted by atomic mass is 10.1. The first-order chi connectivity index (χ1) is 13.9. The van der Waals surface area contributed by atoms with E-state index in [1.807, 2.05) is 0 Å². The number of fused-ring (bicyclic) bond motifs is 1. The van der Waals surface area contributed by atoms with Gasteiger partial charge in [-0.15, -0.1) is 0 Å². The lowest BCUT2D eigenvalue weighted by Crippen LogP contribution is -2.46. The highest BCUT2D eigenvalue weighted by Gasteiger charge is 2.34. The largest absolute Gasteiger partial charge is 0.460 e. The number of furan rings is 1. The van der Waals surface area contributed by atoms with Crippen molar-refractivity contribution in [2.75, 3.05) is 32.8 Å². The van der Waals surface area contributed by atoms with E-state index in [4.69, 9.17) is 9.15 Å². The van der Waals surface area contributed by atoms with Gasteiger partial charge in [-0.05, 0) is 51.3 Å². The zero-order valence-electron chi connectivity index (χ0n) is 16.7. The first kappa shape index (κ1) is 19.8. The van der Waals surface area contributed by atoms with Crippen LogP contribution in [0.4, 0.5) is 0 Å². The number of carbonyl (C=O) groups excluding carboxylic acids is 1. The normalized spacial score (nSPS) is 17.7. The average Bonchev–Trinajstić information content (AvgIpc) is 3.34. The fraction of sp³-hybridized carbons (Fsp3) is 0.500. The van der Waals surface area contributed by atoms with Crippen LogP contribution in [-0.4, -0.2) is 62.3 Å². The molecule has 0 aliphatic carbocycles. The van der Waals surface area contributed by atoms with E-state index in [-0.39, 0.29) is 17.3 Å². The highest BCUT2D eigenvalue weighted by molar-refractivity contribution is 7.89. The van der Waals surface area contributed by atoms with Crippen LogP contribution in [0.25, 0.3) is 11.0 Å². The third-order valence-corrected chi connectivity index (χ3v) is 7.15. The average molecular weight is 420 g/mol. The SMILES string of the molecule is CCOC(=O)c1oc2ccc(S(=O)(=O)N3CCN=C3N3CCCCC3)cc2c1C. The Hall–Kier alpha value is -2.55. The molecule has 2 aliphatic rings. The van der Waals surface area contributed by atoms with Crippen molar-refractivity contribution in [3.8, 4) is 0 Å². The van der Waals surface area contributed by atoms with Crippen molar-refractivity contribution in [3.63, 3.8) is 0 Å². The first-order valence-corrected chi connectivity index (χ1v) is 11.4. The molecule has 0 N–H and O–H groups in total. The minimum Gasteiger partial charge on any atom is -0.460 e. The third-order valence-electron chi connectivity index (χ3n) is 5.37. The Labute approximate surface area is 170 Å². The van der Waals surface area contributed by atoms with Crippen LogP contribution in [0.1, 0.15) is 42.3 Å². The fourth-order valence-corrected chi connectivity index (χ4v) is 5.35. The van der Waals surface area contributed by atoms with Crippen LogP contribution in [0.2, 0.25) is 0 Å². The molecule has 0 spiro atoms.